The van der Waals surface area contributed by atoms with Gasteiger partial charge in [-0.2, -0.15) is 0 Å². The zero-order chi connectivity index (χ0) is 26.3. The summed E-state index contributed by atoms with van der Waals surface area (Å²) < 4.78 is 25.7. The first-order valence-corrected chi connectivity index (χ1v) is 12.1. The predicted octanol–water partition coefficient (Wildman–Crippen LogP) is 3.86. The first kappa shape index (κ1) is 28.9. The number of cyclic esters (lactones) is 1. The molecule has 0 spiro atoms. The molecule has 9 heteroatoms. The minimum absolute atomic E-state index is 0.0659. The summed E-state index contributed by atoms with van der Waals surface area (Å²) in [5, 5.41) is 21.5. The molecule has 0 bridgehead atoms. The van der Waals surface area contributed by atoms with E-state index in [-0.39, 0.29) is 36.3 Å². The van der Waals surface area contributed by atoms with Crippen LogP contribution in [-0.2, 0) is 20.9 Å². The van der Waals surface area contributed by atoms with Crippen LogP contribution >= 0.6 is 0 Å². The summed E-state index contributed by atoms with van der Waals surface area (Å²) in [6, 6.07) is 0. The zero-order valence-electron chi connectivity index (χ0n) is 21.3. The summed E-state index contributed by atoms with van der Waals surface area (Å²) in [6.07, 6.45) is 2.54. The van der Waals surface area contributed by atoms with Crippen LogP contribution in [-0.4, -0.2) is 45.3 Å². The molecule has 1 aliphatic heterocycles. The van der Waals surface area contributed by atoms with Crippen molar-refractivity contribution in [3.8, 4) is 0 Å². The Balaban J connectivity index is 2.33. The number of aliphatic hydroxyl groups is 2. The number of Topliss-reactive ketones (excluding diaryl/α,β-unsaturated/α-hetero) is 1. The van der Waals surface area contributed by atoms with E-state index in [9.17, 15) is 19.8 Å². The minimum Gasteiger partial charge on any atom is -0.455 e. The summed E-state index contributed by atoms with van der Waals surface area (Å²) in [5.74, 6) is -2.50. The number of esters is 1. The van der Waals surface area contributed by atoms with Crippen molar-refractivity contribution in [2.24, 2.45) is 23.0 Å². The van der Waals surface area contributed by atoms with Crippen molar-refractivity contribution in [2.45, 2.75) is 91.6 Å². The molecule has 0 aliphatic carbocycles. The topological polar surface area (TPSA) is 136 Å². The molecule has 0 fully saturated rings. The number of aromatic nitrogens is 1. The number of ketones is 1. The number of nitrogens with two attached hydrogens (primary N) is 1. The largest absolute Gasteiger partial charge is 0.455 e. The third-order valence-corrected chi connectivity index (χ3v) is 6.86. The molecule has 196 valence electrons. The van der Waals surface area contributed by atoms with E-state index < -0.39 is 47.9 Å². The molecule has 4 N–H and O–H groups in total. The summed E-state index contributed by atoms with van der Waals surface area (Å²) in [7, 11) is 0. The second-order valence-corrected chi connectivity index (χ2v) is 10.1. The van der Waals surface area contributed by atoms with Gasteiger partial charge in [0.15, 0.2) is 6.10 Å². The maximum Gasteiger partial charge on any atom is 0.309 e. The van der Waals surface area contributed by atoms with E-state index in [1.807, 2.05) is 19.9 Å². The Bertz CT molecular complexity index is 938. The third-order valence-electron chi connectivity index (χ3n) is 6.86. The van der Waals surface area contributed by atoms with Gasteiger partial charge in [-0.05, 0) is 32.1 Å². The lowest BCUT2D eigenvalue weighted by molar-refractivity contribution is -0.154. The second-order valence-electron chi connectivity index (χ2n) is 10.1. The molecule has 1 aromatic heterocycles. The lowest BCUT2D eigenvalue weighted by Gasteiger charge is -2.34. The Morgan fingerprint density at radius 2 is 2.00 bits per heavy atom. The quantitative estimate of drug-likeness (QED) is 0.426. The summed E-state index contributed by atoms with van der Waals surface area (Å²) >= 11 is 0. The maximum absolute atomic E-state index is 15.1. The number of hydrogen-bond acceptors (Lipinski definition) is 8. The lowest BCUT2D eigenvalue weighted by atomic mass is 9.73. The number of oxazole rings is 1. The molecular formula is C26H39FN2O6. The number of carbonyl (C=O) groups is 2. The summed E-state index contributed by atoms with van der Waals surface area (Å²) in [5.41, 5.74) is 5.36. The average Bonchev–Trinajstić information content (AvgIpc) is 3.26. The van der Waals surface area contributed by atoms with Gasteiger partial charge in [-0.3, -0.25) is 9.59 Å². The molecular weight excluding hydrogens is 455 g/mol. The number of allylic oxidation sites excluding steroid dienone is 1. The monoisotopic (exact) mass is 494 g/mol. The summed E-state index contributed by atoms with van der Waals surface area (Å²) in [4.78, 5) is 29.8. The van der Waals surface area contributed by atoms with Crippen LogP contribution in [0.15, 0.2) is 28.2 Å². The smallest absolute Gasteiger partial charge is 0.309 e. The Labute approximate surface area is 206 Å². The van der Waals surface area contributed by atoms with E-state index in [0.717, 1.165) is 24.5 Å². The van der Waals surface area contributed by atoms with Crippen molar-refractivity contribution < 1.29 is 33.3 Å². The number of aliphatic hydroxyl groups excluding tert-OH is 2. The van der Waals surface area contributed by atoms with E-state index >= 15 is 4.39 Å². The second kappa shape index (κ2) is 12.6. The highest BCUT2D eigenvalue weighted by molar-refractivity contribution is 5.88. The van der Waals surface area contributed by atoms with Gasteiger partial charge >= 0.3 is 5.97 Å². The number of ether oxygens (including phenoxy) is 1. The molecule has 0 radical (unpaired) electrons. The first-order chi connectivity index (χ1) is 16.4. The van der Waals surface area contributed by atoms with Gasteiger partial charge in [-0.15, -0.1) is 0 Å². The highest BCUT2D eigenvalue weighted by atomic mass is 19.1. The van der Waals surface area contributed by atoms with Crippen LogP contribution < -0.4 is 5.73 Å². The van der Waals surface area contributed by atoms with Crippen LogP contribution in [0.1, 0.15) is 78.3 Å². The van der Waals surface area contributed by atoms with Crippen molar-refractivity contribution in [1.82, 2.24) is 4.98 Å². The fourth-order valence-electron chi connectivity index (χ4n) is 4.24. The van der Waals surface area contributed by atoms with Gasteiger partial charge in [0, 0.05) is 18.4 Å². The Morgan fingerprint density at radius 1 is 1.31 bits per heavy atom. The minimum atomic E-state index is -1.37. The Hall–Kier alpha value is -2.36. The molecule has 0 saturated heterocycles. The van der Waals surface area contributed by atoms with Crippen molar-refractivity contribution in [2.75, 3.05) is 0 Å². The molecule has 35 heavy (non-hydrogen) atoms. The molecule has 1 aromatic rings. The Morgan fingerprint density at radius 3 is 2.63 bits per heavy atom. The van der Waals surface area contributed by atoms with E-state index in [2.05, 4.69) is 4.98 Å². The fraction of sp³-hybridized carbons (Fsp3) is 0.654. The standard InChI is InChI=1S/C26H39FN2O6/c1-15-7-6-8-16(2)24(32)17(3)25(33)26(4,5)21(30)12-23(31)35-20(10-9-15)19(27)11-18-14-34-22(13-28)29-18/h9,11,14,16-17,20-21,24,30,32H,6-8,10,12-13,28H2,1-5H3/b15-9-,19-11-/t16-,17+,20-,21-,24-/m0/s1. The highest BCUT2D eigenvalue weighted by Gasteiger charge is 2.42. The van der Waals surface area contributed by atoms with E-state index in [0.29, 0.717) is 6.42 Å². The lowest BCUT2D eigenvalue weighted by Crippen LogP contribution is -2.45. The molecule has 5 atom stereocenters. The van der Waals surface area contributed by atoms with Crippen molar-refractivity contribution in [3.05, 3.63) is 35.3 Å². The van der Waals surface area contributed by atoms with Crippen molar-refractivity contribution in [3.63, 3.8) is 0 Å². The van der Waals surface area contributed by atoms with Crippen LogP contribution in [0.5, 0.6) is 0 Å². The van der Waals surface area contributed by atoms with E-state index in [4.69, 9.17) is 14.9 Å². The van der Waals surface area contributed by atoms with Crippen LogP contribution in [0, 0.1) is 17.3 Å². The van der Waals surface area contributed by atoms with Gasteiger partial charge in [0.2, 0.25) is 5.89 Å². The van der Waals surface area contributed by atoms with Gasteiger partial charge in [-0.1, -0.05) is 39.3 Å². The molecule has 2 heterocycles. The molecule has 0 saturated carbocycles. The van der Waals surface area contributed by atoms with Crippen LogP contribution in [0.2, 0.25) is 0 Å². The maximum atomic E-state index is 15.1. The Kier molecular flexibility index (Phi) is 10.4. The first-order valence-electron chi connectivity index (χ1n) is 12.1. The molecule has 8 nitrogen and oxygen atoms in total. The predicted molar refractivity (Wildman–Crippen MR) is 129 cm³/mol. The zero-order valence-corrected chi connectivity index (χ0v) is 21.3. The number of nitrogens with zero attached hydrogens (tertiary/aromatic N) is 1. The van der Waals surface area contributed by atoms with Crippen LogP contribution in [0.3, 0.4) is 0 Å². The highest BCUT2D eigenvalue weighted by Crippen LogP contribution is 2.32. The fourth-order valence-corrected chi connectivity index (χ4v) is 4.24. The molecule has 0 aromatic carbocycles. The van der Waals surface area contributed by atoms with Gasteiger partial charge < -0.3 is 25.1 Å². The van der Waals surface area contributed by atoms with Gasteiger partial charge in [0.1, 0.15) is 23.6 Å². The summed E-state index contributed by atoms with van der Waals surface area (Å²) in [6.45, 7) is 8.58. The molecule has 2 rings (SSSR count). The van der Waals surface area contributed by atoms with E-state index in [1.165, 1.54) is 20.1 Å². The van der Waals surface area contributed by atoms with Gasteiger partial charge in [0.05, 0.1) is 30.6 Å². The van der Waals surface area contributed by atoms with Gasteiger partial charge in [-0.25, -0.2) is 9.37 Å². The van der Waals surface area contributed by atoms with Crippen LogP contribution in [0.4, 0.5) is 4.39 Å². The molecule has 0 amide bonds. The number of halogens is 1. The van der Waals surface area contributed by atoms with Crippen molar-refractivity contribution in [1.29, 1.82) is 0 Å². The number of rotatable bonds is 3. The SMILES string of the molecule is C/C1=C/C[C@@H](/C(F)=C/c2coc(CN)n2)OC(=O)C[C@H](O)C(C)(C)C(=O)[C@H](C)[C@@H](O)[C@@H](C)CCC1. The average molecular weight is 495 g/mol. The third kappa shape index (κ3) is 7.81. The van der Waals surface area contributed by atoms with Gasteiger partial charge in [0.25, 0.3) is 0 Å². The van der Waals surface area contributed by atoms with Crippen LogP contribution in [0.25, 0.3) is 6.08 Å². The van der Waals surface area contributed by atoms with Crippen molar-refractivity contribution >= 4 is 17.8 Å². The number of hydrogen-bond donors (Lipinski definition) is 3. The normalized spacial score (nSPS) is 31.5. The van der Waals surface area contributed by atoms with E-state index in [1.54, 1.807) is 6.92 Å². The molecule has 1 aliphatic rings. The molecule has 0 unspecified atom stereocenters. The number of carbonyl (C=O) groups excluding carboxylic acids is 2.